The summed E-state index contributed by atoms with van der Waals surface area (Å²) in [6, 6.07) is 13.4. The van der Waals surface area contributed by atoms with E-state index >= 15 is 0 Å². The normalized spacial score (nSPS) is 17.1. The number of amides is 1. The van der Waals surface area contributed by atoms with Crippen molar-refractivity contribution in [2.75, 3.05) is 0 Å². The average Bonchev–Trinajstić information content (AvgIpc) is 2.50. The number of hydrogen-bond acceptors (Lipinski definition) is 3. The Morgan fingerprint density at radius 1 is 1.17 bits per heavy atom. The Morgan fingerprint density at radius 2 is 1.87 bits per heavy atom. The van der Waals surface area contributed by atoms with Gasteiger partial charge in [0.15, 0.2) is 6.10 Å². The molecule has 1 aliphatic carbocycles. The first-order valence-electron chi connectivity index (χ1n) is 7.72. The quantitative estimate of drug-likeness (QED) is 0.890. The van der Waals surface area contributed by atoms with Crippen LogP contribution in [0.1, 0.15) is 26.2 Å². The number of carboxylic acids is 1. The van der Waals surface area contributed by atoms with E-state index in [0.29, 0.717) is 18.6 Å². The highest BCUT2D eigenvalue weighted by atomic mass is 16.5. The largest absolute Gasteiger partial charge is 0.480 e. The molecule has 1 saturated carbocycles. The minimum absolute atomic E-state index is 0.403. The van der Waals surface area contributed by atoms with Crippen molar-refractivity contribution in [3.63, 3.8) is 0 Å². The van der Waals surface area contributed by atoms with Crippen molar-refractivity contribution in [3.8, 4) is 5.75 Å². The van der Waals surface area contributed by atoms with Gasteiger partial charge in [0.2, 0.25) is 0 Å². The molecule has 1 unspecified atom stereocenters. The predicted molar refractivity (Wildman–Crippen MR) is 86.4 cm³/mol. The molecule has 2 N–H and O–H groups in total. The SMILES string of the molecule is CC(Oc1cccc2ccccc12)C(=O)NC1(C(=O)O)CCC1. The number of benzene rings is 2. The third-order valence-electron chi connectivity index (χ3n) is 4.40. The number of carboxylic acid groups (broad SMARTS) is 1. The Balaban J connectivity index is 1.74. The van der Waals surface area contributed by atoms with Crippen LogP contribution in [0.15, 0.2) is 42.5 Å². The summed E-state index contributed by atoms with van der Waals surface area (Å²) in [6.07, 6.45) is 0.979. The van der Waals surface area contributed by atoms with Crippen LogP contribution in [0.3, 0.4) is 0 Å². The number of nitrogens with one attached hydrogen (secondary N) is 1. The van der Waals surface area contributed by atoms with Crippen LogP contribution in [0.5, 0.6) is 5.75 Å². The maximum Gasteiger partial charge on any atom is 0.329 e. The van der Waals surface area contributed by atoms with Gasteiger partial charge in [-0.3, -0.25) is 4.79 Å². The Hall–Kier alpha value is -2.56. The summed E-state index contributed by atoms with van der Waals surface area (Å²) in [5, 5.41) is 13.9. The van der Waals surface area contributed by atoms with Crippen molar-refractivity contribution in [2.24, 2.45) is 0 Å². The summed E-state index contributed by atoms with van der Waals surface area (Å²) in [7, 11) is 0. The third kappa shape index (κ3) is 2.86. The topological polar surface area (TPSA) is 75.6 Å². The molecule has 0 saturated heterocycles. The van der Waals surface area contributed by atoms with E-state index in [-0.39, 0.29) is 0 Å². The molecule has 5 nitrogen and oxygen atoms in total. The monoisotopic (exact) mass is 313 g/mol. The zero-order valence-corrected chi connectivity index (χ0v) is 12.9. The van der Waals surface area contributed by atoms with E-state index in [9.17, 15) is 14.7 Å². The minimum atomic E-state index is -1.12. The van der Waals surface area contributed by atoms with E-state index in [1.165, 1.54) is 0 Å². The lowest BCUT2D eigenvalue weighted by Gasteiger charge is -2.38. The molecule has 1 fully saturated rings. The Bertz CT molecular complexity index is 746. The van der Waals surface area contributed by atoms with Crippen LogP contribution >= 0.6 is 0 Å². The number of hydrogen-bond donors (Lipinski definition) is 2. The fourth-order valence-corrected chi connectivity index (χ4v) is 2.80. The second kappa shape index (κ2) is 5.91. The highest BCUT2D eigenvalue weighted by molar-refractivity contribution is 5.91. The number of ether oxygens (including phenoxy) is 1. The van der Waals surface area contributed by atoms with Crippen molar-refractivity contribution in [2.45, 2.75) is 37.8 Å². The van der Waals surface area contributed by atoms with Crippen LogP contribution in [0, 0.1) is 0 Å². The molecule has 1 amide bonds. The molecule has 5 heteroatoms. The van der Waals surface area contributed by atoms with E-state index < -0.39 is 23.5 Å². The van der Waals surface area contributed by atoms with Gasteiger partial charge in [-0.2, -0.15) is 0 Å². The number of rotatable bonds is 5. The van der Waals surface area contributed by atoms with Crippen LogP contribution in [-0.4, -0.2) is 28.6 Å². The molecule has 0 aromatic heterocycles. The van der Waals surface area contributed by atoms with Gasteiger partial charge in [-0.15, -0.1) is 0 Å². The highest BCUT2D eigenvalue weighted by Gasteiger charge is 2.46. The lowest BCUT2D eigenvalue weighted by molar-refractivity contribution is -0.152. The molecule has 0 bridgehead atoms. The summed E-state index contributed by atoms with van der Waals surface area (Å²) in [5.41, 5.74) is -1.12. The van der Waals surface area contributed by atoms with Gasteiger partial charge < -0.3 is 15.2 Å². The Labute approximate surface area is 134 Å². The predicted octanol–water partition coefficient (Wildman–Crippen LogP) is 2.73. The van der Waals surface area contributed by atoms with Crippen LogP contribution in [0.4, 0.5) is 0 Å². The van der Waals surface area contributed by atoms with Gasteiger partial charge in [0.1, 0.15) is 11.3 Å². The van der Waals surface area contributed by atoms with Crippen molar-refractivity contribution in [1.29, 1.82) is 0 Å². The molecule has 1 aliphatic rings. The first kappa shape index (κ1) is 15.3. The fraction of sp³-hybridized carbons (Fsp3) is 0.333. The zero-order chi connectivity index (χ0) is 16.4. The number of fused-ring (bicyclic) bond motifs is 1. The highest BCUT2D eigenvalue weighted by Crippen LogP contribution is 2.32. The van der Waals surface area contributed by atoms with Gasteiger partial charge in [-0.05, 0) is 37.6 Å². The molecular formula is C18H19NO4. The second-order valence-corrected chi connectivity index (χ2v) is 5.97. The van der Waals surface area contributed by atoms with Crippen molar-refractivity contribution >= 4 is 22.6 Å². The van der Waals surface area contributed by atoms with Crippen molar-refractivity contribution < 1.29 is 19.4 Å². The molecular weight excluding hydrogens is 294 g/mol. The van der Waals surface area contributed by atoms with Gasteiger partial charge in [0.05, 0.1) is 0 Å². The fourth-order valence-electron chi connectivity index (χ4n) is 2.80. The Morgan fingerprint density at radius 3 is 2.52 bits per heavy atom. The number of aliphatic carboxylic acids is 1. The van der Waals surface area contributed by atoms with Crippen LogP contribution in [-0.2, 0) is 9.59 Å². The lowest BCUT2D eigenvalue weighted by atomic mass is 9.76. The summed E-state index contributed by atoms with van der Waals surface area (Å²) in [5.74, 6) is -0.766. The molecule has 120 valence electrons. The van der Waals surface area contributed by atoms with E-state index in [1.807, 2.05) is 42.5 Å². The number of carbonyl (C=O) groups excluding carboxylic acids is 1. The third-order valence-corrected chi connectivity index (χ3v) is 4.40. The standard InChI is InChI=1S/C18H19NO4/c1-12(16(20)19-18(17(21)22)10-5-11-18)23-15-9-4-7-13-6-2-3-8-14(13)15/h2-4,6-9,12H,5,10-11H2,1H3,(H,19,20)(H,21,22). The average molecular weight is 313 g/mol. The van der Waals surface area contributed by atoms with E-state index in [1.54, 1.807) is 6.92 Å². The second-order valence-electron chi connectivity index (χ2n) is 5.97. The molecule has 0 aliphatic heterocycles. The molecule has 0 heterocycles. The molecule has 0 radical (unpaired) electrons. The van der Waals surface area contributed by atoms with Gasteiger partial charge in [0, 0.05) is 5.39 Å². The van der Waals surface area contributed by atoms with Gasteiger partial charge in [-0.25, -0.2) is 4.79 Å². The Kier molecular flexibility index (Phi) is 3.94. The smallest absolute Gasteiger partial charge is 0.329 e. The number of carbonyl (C=O) groups is 2. The first-order chi connectivity index (χ1) is 11.0. The van der Waals surface area contributed by atoms with E-state index in [4.69, 9.17) is 4.74 Å². The van der Waals surface area contributed by atoms with Crippen LogP contribution in [0.2, 0.25) is 0 Å². The van der Waals surface area contributed by atoms with Gasteiger partial charge in [-0.1, -0.05) is 36.4 Å². The van der Waals surface area contributed by atoms with Crippen molar-refractivity contribution in [3.05, 3.63) is 42.5 Å². The van der Waals surface area contributed by atoms with Crippen molar-refractivity contribution in [1.82, 2.24) is 5.32 Å². The van der Waals surface area contributed by atoms with Gasteiger partial charge >= 0.3 is 5.97 Å². The van der Waals surface area contributed by atoms with Crippen LogP contribution in [0.25, 0.3) is 10.8 Å². The van der Waals surface area contributed by atoms with Crippen LogP contribution < -0.4 is 10.1 Å². The first-order valence-corrected chi connectivity index (χ1v) is 7.72. The minimum Gasteiger partial charge on any atom is -0.480 e. The maximum absolute atomic E-state index is 12.3. The molecule has 1 atom stereocenters. The molecule has 2 aromatic carbocycles. The van der Waals surface area contributed by atoms with E-state index in [0.717, 1.165) is 17.2 Å². The van der Waals surface area contributed by atoms with Gasteiger partial charge in [0.25, 0.3) is 5.91 Å². The maximum atomic E-state index is 12.3. The zero-order valence-electron chi connectivity index (χ0n) is 12.9. The summed E-state index contributed by atoms with van der Waals surface area (Å²) < 4.78 is 5.78. The molecule has 2 aromatic rings. The summed E-state index contributed by atoms with van der Waals surface area (Å²) in [4.78, 5) is 23.6. The lowest BCUT2D eigenvalue weighted by Crippen LogP contribution is -2.61. The summed E-state index contributed by atoms with van der Waals surface area (Å²) >= 11 is 0. The molecule has 0 spiro atoms. The summed E-state index contributed by atoms with van der Waals surface area (Å²) in [6.45, 7) is 1.63. The molecule has 23 heavy (non-hydrogen) atoms. The molecule has 3 rings (SSSR count). The van der Waals surface area contributed by atoms with E-state index in [2.05, 4.69) is 5.32 Å².